The van der Waals surface area contributed by atoms with Crippen LogP contribution in [0.4, 0.5) is 0 Å². The van der Waals surface area contributed by atoms with Gasteiger partial charge in [0.05, 0.1) is 11.3 Å². The molecule has 148 valence electrons. The third-order valence-electron chi connectivity index (χ3n) is 4.54. The van der Waals surface area contributed by atoms with Gasteiger partial charge in [0.15, 0.2) is 0 Å². The summed E-state index contributed by atoms with van der Waals surface area (Å²) in [5.41, 5.74) is 6.95. The van der Waals surface area contributed by atoms with Gasteiger partial charge in [-0.3, -0.25) is 0 Å². The number of aryl methyl sites for hydroxylation is 2. The van der Waals surface area contributed by atoms with Crippen molar-refractivity contribution in [2.24, 2.45) is 0 Å². The fraction of sp³-hybridized carbons (Fsp3) is 0.111. The van der Waals surface area contributed by atoms with E-state index in [1.807, 2.05) is 36.4 Å². The molecular formula is C27H24N2S. The monoisotopic (exact) mass is 408 g/mol. The molecule has 0 fully saturated rings. The average Bonchev–Trinajstić information content (AvgIpc) is 2.76. The van der Waals surface area contributed by atoms with E-state index >= 15 is 0 Å². The number of nitriles is 1. The normalized spacial score (nSPS) is 11.1. The van der Waals surface area contributed by atoms with E-state index in [1.165, 1.54) is 22.9 Å². The Balaban J connectivity index is 1.99. The molecular weight excluding hydrogens is 384 g/mol. The Morgan fingerprint density at radius 2 is 1.47 bits per heavy atom. The van der Waals surface area contributed by atoms with Gasteiger partial charge in [0.1, 0.15) is 11.1 Å². The second-order valence-electron chi connectivity index (χ2n) is 7.02. The zero-order chi connectivity index (χ0) is 21.3. The van der Waals surface area contributed by atoms with Gasteiger partial charge in [-0.25, -0.2) is 4.98 Å². The summed E-state index contributed by atoms with van der Waals surface area (Å²) in [5, 5.41) is 10.5. The van der Waals surface area contributed by atoms with Gasteiger partial charge in [-0.2, -0.15) is 5.26 Å². The molecule has 0 aliphatic carbocycles. The van der Waals surface area contributed by atoms with Crippen LogP contribution in [0.3, 0.4) is 0 Å². The van der Waals surface area contributed by atoms with Gasteiger partial charge in [-0.15, -0.1) is 18.3 Å². The first kappa shape index (κ1) is 21.4. The van der Waals surface area contributed by atoms with E-state index in [1.54, 1.807) is 0 Å². The van der Waals surface area contributed by atoms with E-state index in [-0.39, 0.29) is 0 Å². The van der Waals surface area contributed by atoms with Crippen LogP contribution in [0.25, 0.3) is 24.3 Å². The summed E-state index contributed by atoms with van der Waals surface area (Å²) >= 11 is 1.53. The van der Waals surface area contributed by atoms with E-state index < -0.39 is 0 Å². The van der Waals surface area contributed by atoms with E-state index in [2.05, 4.69) is 75.0 Å². The van der Waals surface area contributed by atoms with Crippen LogP contribution in [0.2, 0.25) is 0 Å². The number of benzene rings is 2. The van der Waals surface area contributed by atoms with Crippen molar-refractivity contribution in [2.45, 2.75) is 18.9 Å². The number of hydrogen-bond donors (Lipinski definition) is 0. The van der Waals surface area contributed by atoms with Gasteiger partial charge in [0.25, 0.3) is 0 Å². The van der Waals surface area contributed by atoms with Crippen molar-refractivity contribution in [3.8, 4) is 6.07 Å². The molecule has 0 aliphatic heterocycles. The second-order valence-corrected chi connectivity index (χ2v) is 8.02. The van der Waals surface area contributed by atoms with Crippen molar-refractivity contribution in [3.05, 3.63) is 106 Å². The summed E-state index contributed by atoms with van der Waals surface area (Å²) < 4.78 is 0. The van der Waals surface area contributed by atoms with Crippen molar-refractivity contribution in [1.82, 2.24) is 4.98 Å². The second kappa shape index (κ2) is 10.4. The van der Waals surface area contributed by atoms with Crippen LogP contribution in [-0.4, -0.2) is 10.7 Å². The number of pyridine rings is 1. The molecule has 0 amide bonds. The number of rotatable bonds is 7. The average molecular weight is 409 g/mol. The Kier molecular flexibility index (Phi) is 7.43. The highest BCUT2D eigenvalue weighted by atomic mass is 32.2. The molecule has 0 saturated heterocycles. The van der Waals surface area contributed by atoms with Crippen LogP contribution in [0.15, 0.2) is 72.3 Å². The Morgan fingerprint density at radius 1 is 0.900 bits per heavy atom. The maximum atomic E-state index is 9.78. The van der Waals surface area contributed by atoms with E-state index in [4.69, 9.17) is 4.98 Å². The minimum absolute atomic E-state index is 0.595. The Morgan fingerprint density at radius 3 is 2.00 bits per heavy atom. The molecule has 3 aromatic rings. The van der Waals surface area contributed by atoms with Crippen molar-refractivity contribution in [1.29, 1.82) is 5.26 Å². The van der Waals surface area contributed by atoms with Crippen LogP contribution < -0.4 is 0 Å². The number of nitrogens with zero attached hydrogens (tertiary/aromatic N) is 2. The number of aromatic nitrogens is 1. The van der Waals surface area contributed by atoms with Gasteiger partial charge in [0, 0.05) is 5.75 Å². The molecule has 0 bridgehead atoms. The molecule has 3 heteroatoms. The van der Waals surface area contributed by atoms with Gasteiger partial charge >= 0.3 is 0 Å². The van der Waals surface area contributed by atoms with Crippen molar-refractivity contribution in [3.63, 3.8) is 0 Å². The third-order valence-corrected chi connectivity index (χ3v) is 5.51. The molecule has 2 nitrogen and oxygen atoms in total. The lowest BCUT2D eigenvalue weighted by Gasteiger charge is -2.07. The minimum Gasteiger partial charge on any atom is -0.241 e. The molecule has 0 unspecified atom stereocenters. The largest absolute Gasteiger partial charge is 0.241 e. The van der Waals surface area contributed by atoms with Gasteiger partial charge in [-0.05, 0) is 42.7 Å². The number of hydrogen-bond acceptors (Lipinski definition) is 3. The van der Waals surface area contributed by atoms with E-state index in [0.29, 0.717) is 11.3 Å². The fourth-order valence-corrected chi connectivity index (χ4v) is 3.61. The lowest BCUT2D eigenvalue weighted by atomic mass is 10.1. The molecule has 0 atom stereocenters. The molecule has 0 spiro atoms. The topological polar surface area (TPSA) is 36.7 Å². The summed E-state index contributed by atoms with van der Waals surface area (Å²) in [6.45, 7) is 7.93. The molecule has 0 saturated carbocycles. The van der Waals surface area contributed by atoms with Crippen molar-refractivity contribution < 1.29 is 0 Å². The van der Waals surface area contributed by atoms with E-state index in [0.717, 1.165) is 27.4 Å². The Labute approximate surface area is 183 Å². The van der Waals surface area contributed by atoms with Crippen molar-refractivity contribution >= 4 is 36.1 Å². The first-order valence-electron chi connectivity index (χ1n) is 9.77. The highest BCUT2D eigenvalue weighted by Crippen LogP contribution is 2.26. The zero-order valence-electron chi connectivity index (χ0n) is 17.3. The third kappa shape index (κ3) is 5.83. The molecule has 2 aromatic carbocycles. The summed E-state index contributed by atoms with van der Waals surface area (Å²) in [4.78, 5) is 4.71. The molecule has 3 rings (SSSR count). The molecule has 0 aliphatic rings. The molecule has 30 heavy (non-hydrogen) atoms. The smallest absolute Gasteiger partial charge is 0.115 e. The Hall–Kier alpha value is -3.35. The minimum atomic E-state index is 0.595. The molecule has 1 heterocycles. The Bertz CT molecular complexity index is 1120. The first-order valence-corrected chi connectivity index (χ1v) is 10.8. The van der Waals surface area contributed by atoms with Crippen LogP contribution in [0.1, 0.15) is 39.1 Å². The zero-order valence-corrected chi connectivity index (χ0v) is 18.1. The molecule has 0 radical (unpaired) electrons. The number of thioether (sulfide) groups is 1. The fourth-order valence-electron chi connectivity index (χ4n) is 2.85. The van der Waals surface area contributed by atoms with Gasteiger partial charge < -0.3 is 0 Å². The van der Waals surface area contributed by atoms with Gasteiger partial charge in [-0.1, -0.05) is 84.0 Å². The van der Waals surface area contributed by atoms with Crippen LogP contribution in [0, 0.1) is 25.2 Å². The molecule has 0 N–H and O–H groups in total. The summed E-state index contributed by atoms with van der Waals surface area (Å²) in [5.74, 6) is 0.702. The lowest BCUT2D eigenvalue weighted by molar-refractivity contribution is 1.09. The highest BCUT2D eigenvalue weighted by molar-refractivity contribution is 7.99. The summed E-state index contributed by atoms with van der Waals surface area (Å²) in [6, 6.07) is 21.0. The predicted molar refractivity (Wildman–Crippen MR) is 130 cm³/mol. The van der Waals surface area contributed by atoms with E-state index in [9.17, 15) is 5.26 Å². The van der Waals surface area contributed by atoms with Gasteiger partial charge in [0.2, 0.25) is 0 Å². The van der Waals surface area contributed by atoms with Crippen molar-refractivity contribution in [2.75, 3.05) is 5.75 Å². The summed E-state index contributed by atoms with van der Waals surface area (Å²) in [6.07, 6.45) is 9.89. The maximum Gasteiger partial charge on any atom is 0.115 e. The van der Waals surface area contributed by atoms with Crippen LogP contribution in [-0.2, 0) is 0 Å². The SMILES string of the molecule is C=CCSc1nc(C=Cc2ccc(C)cc2)cc(C=Cc2ccc(C)cc2)c1C#N. The van der Waals surface area contributed by atoms with Crippen LogP contribution in [0.5, 0.6) is 0 Å². The highest BCUT2D eigenvalue weighted by Gasteiger charge is 2.10. The molecule has 1 aromatic heterocycles. The quantitative estimate of drug-likeness (QED) is 0.307. The predicted octanol–water partition coefficient (Wildman–Crippen LogP) is 7.19. The standard InChI is InChI=1S/C27H24N2S/c1-4-17-30-27-26(19-28)24(15-13-22-9-5-20(2)6-10-22)18-25(29-27)16-14-23-11-7-21(3)8-12-23/h4-16,18H,1,17H2,2-3H3. The maximum absolute atomic E-state index is 9.78. The lowest BCUT2D eigenvalue weighted by Crippen LogP contribution is -1.95. The first-order chi connectivity index (χ1) is 14.6. The van der Waals surface area contributed by atoms with Crippen LogP contribution >= 0.6 is 11.8 Å². The summed E-state index contributed by atoms with van der Waals surface area (Å²) in [7, 11) is 0.